The second-order valence-corrected chi connectivity index (χ2v) is 6.95. The Morgan fingerprint density at radius 2 is 1.79 bits per heavy atom. The number of nitrogens with zero attached hydrogens (tertiary/aromatic N) is 3. The van der Waals surface area contributed by atoms with Crippen molar-refractivity contribution in [2.45, 2.75) is 13.5 Å². The van der Waals surface area contributed by atoms with Crippen LogP contribution in [0.2, 0.25) is 5.02 Å². The van der Waals surface area contributed by atoms with Crippen molar-refractivity contribution in [1.82, 2.24) is 14.5 Å². The first-order valence-electron chi connectivity index (χ1n) is 9.29. The third-order valence-electron chi connectivity index (χ3n) is 4.58. The molecule has 5 nitrogen and oxygen atoms in total. The largest absolute Gasteiger partial charge is 0.331 e. The monoisotopic (exact) mass is 402 g/mol. The molecule has 0 aliphatic rings. The number of amides is 1. The van der Waals surface area contributed by atoms with Gasteiger partial charge in [0.15, 0.2) is 0 Å². The molecule has 2 aromatic heterocycles. The molecule has 1 N–H and O–H groups in total. The summed E-state index contributed by atoms with van der Waals surface area (Å²) in [4.78, 5) is 21.3. The van der Waals surface area contributed by atoms with Crippen molar-refractivity contribution >= 4 is 23.2 Å². The minimum absolute atomic E-state index is 0.177. The molecule has 0 saturated heterocycles. The molecule has 6 heteroatoms. The molecule has 0 unspecified atom stereocenters. The van der Waals surface area contributed by atoms with Crippen LogP contribution in [-0.4, -0.2) is 20.4 Å². The van der Waals surface area contributed by atoms with Crippen LogP contribution in [0.3, 0.4) is 0 Å². The minimum atomic E-state index is -0.177. The molecule has 4 rings (SSSR count). The van der Waals surface area contributed by atoms with Crippen molar-refractivity contribution in [2.24, 2.45) is 0 Å². The quantitative estimate of drug-likeness (QED) is 0.477. The van der Waals surface area contributed by atoms with Gasteiger partial charge in [-0.25, -0.2) is 4.98 Å². The maximum absolute atomic E-state index is 12.4. The van der Waals surface area contributed by atoms with Gasteiger partial charge in [0.2, 0.25) is 0 Å². The van der Waals surface area contributed by atoms with Gasteiger partial charge in [0, 0.05) is 52.5 Å². The SMILES string of the molecule is CCn1cc(-c2cccnc2)nc1-c1ccc(NC(=O)c2ccc(Cl)cc2)cc1. The van der Waals surface area contributed by atoms with Gasteiger partial charge >= 0.3 is 0 Å². The van der Waals surface area contributed by atoms with Gasteiger partial charge < -0.3 is 9.88 Å². The second kappa shape index (κ2) is 8.29. The lowest BCUT2D eigenvalue weighted by molar-refractivity contribution is 0.102. The molecule has 0 fully saturated rings. The molecule has 0 bridgehead atoms. The molecule has 0 aliphatic carbocycles. The molecule has 0 saturated carbocycles. The molecule has 144 valence electrons. The average Bonchev–Trinajstić information content (AvgIpc) is 3.20. The van der Waals surface area contributed by atoms with E-state index >= 15 is 0 Å². The summed E-state index contributed by atoms with van der Waals surface area (Å²) in [6.07, 6.45) is 5.59. The van der Waals surface area contributed by atoms with Crippen molar-refractivity contribution in [1.29, 1.82) is 0 Å². The fraction of sp³-hybridized carbons (Fsp3) is 0.0870. The van der Waals surface area contributed by atoms with Crippen LogP contribution in [0.1, 0.15) is 17.3 Å². The van der Waals surface area contributed by atoms with Crippen molar-refractivity contribution in [3.63, 3.8) is 0 Å². The highest BCUT2D eigenvalue weighted by Gasteiger charge is 2.12. The summed E-state index contributed by atoms with van der Waals surface area (Å²) in [7, 11) is 0. The van der Waals surface area contributed by atoms with Gasteiger partial charge in [-0.05, 0) is 67.6 Å². The fourth-order valence-corrected chi connectivity index (χ4v) is 3.17. The number of nitrogens with one attached hydrogen (secondary N) is 1. The van der Waals surface area contributed by atoms with E-state index in [9.17, 15) is 4.79 Å². The van der Waals surface area contributed by atoms with Crippen molar-refractivity contribution < 1.29 is 4.79 Å². The number of anilines is 1. The Kier molecular flexibility index (Phi) is 5.40. The number of pyridine rings is 1. The third-order valence-corrected chi connectivity index (χ3v) is 4.83. The Bertz CT molecular complexity index is 1120. The van der Waals surface area contributed by atoms with Gasteiger partial charge in [-0.3, -0.25) is 9.78 Å². The minimum Gasteiger partial charge on any atom is -0.331 e. The van der Waals surface area contributed by atoms with Gasteiger partial charge in [-0.2, -0.15) is 0 Å². The van der Waals surface area contributed by atoms with E-state index in [2.05, 4.69) is 21.8 Å². The van der Waals surface area contributed by atoms with E-state index in [4.69, 9.17) is 16.6 Å². The first-order valence-corrected chi connectivity index (χ1v) is 9.67. The summed E-state index contributed by atoms with van der Waals surface area (Å²) >= 11 is 5.87. The summed E-state index contributed by atoms with van der Waals surface area (Å²) in [5.41, 5.74) is 4.12. The number of rotatable bonds is 5. The van der Waals surface area contributed by atoms with Crippen LogP contribution < -0.4 is 5.32 Å². The molecular weight excluding hydrogens is 384 g/mol. The lowest BCUT2D eigenvalue weighted by atomic mass is 10.1. The smallest absolute Gasteiger partial charge is 0.255 e. The lowest BCUT2D eigenvalue weighted by Gasteiger charge is -2.08. The number of halogens is 1. The predicted molar refractivity (Wildman–Crippen MR) is 116 cm³/mol. The predicted octanol–water partition coefficient (Wildman–Crippen LogP) is 5.54. The number of imidazole rings is 1. The first-order chi connectivity index (χ1) is 14.1. The Labute approximate surface area is 174 Å². The van der Waals surface area contributed by atoms with E-state index in [1.807, 2.05) is 48.8 Å². The highest BCUT2D eigenvalue weighted by molar-refractivity contribution is 6.30. The topological polar surface area (TPSA) is 59.8 Å². The molecule has 0 aliphatic heterocycles. The van der Waals surface area contributed by atoms with Gasteiger partial charge in [-0.1, -0.05) is 11.6 Å². The van der Waals surface area contributed by atoms with Gasteiger partial charge in [0.1, 0.15) is 5.82 Å². The number of carbonyl (C=O) groups is 1. The highest BCUT2D eigenvalue weighted by Crippen LogP contribution is 2.26. The summed E-state index contributed by atoms with van der Waals surface area (Å²) in [6.45, 7) is 2.89. The van der Waals surface area contributed by atoms with Crippen LogP contribution in [0.5, 0.6) is 0 Å². The normalized spacial score (nSPS) is 10.7. The van der Waals surface area contributed by atoms with Gasteiger partial charge in [0.25, 0.3) is 5.91 Å². The Balaban J connectivity index is 1.55. The Hall–Kier alpha value is -3.44. The average molecular weight is 403 g/mol. The van der Waals surface area contributed by atoms with Crippen LogP contribution in [0, 0.1) is 0 Å². The molecule has 29 heavy (non-hydrogen) atoms. The van der Waals surface area contributed by atoms with Crippen molar-refractivity contribution in [2.75, 3.05) is 5.32 Å². The zero-order chi connectivity index (χ0) is 20.2. The van der Waals surface area contributed by atoms with Crippen LogP contribution in [0.25, 0.3) is 22.6 Å². The van der Waals surface area contributed by atoms with E-state index in [1.165, 1.54) is 0 Å². The first kappa shape index (κ1) is 18.9. The Morgan fingerprint density at radius 1 is 1.03 bits per heavy atom. The molecule has 0 spiro atoms. The maximum Gasteiger partial charge on any atom is 0.255 e. The number of hydrogen-bond donors (Lipinski definition) is 1. The number of carbonyl (C=O) groups excluding carboxylic acids is 1. The van der Waals surface area contributed by atoms with Crippen molar-refractivity contribution in [3.05, 3.63) is 89.8 Å². The zero-order valence-corrected chi connectivity index (χ0v) is 16.6. The van der Waals surface area contributed by atoms with Crippen LogP contribution in [0.15, 0.2) is 79.3 Å². The van der Waals surface area contributed by atoms with E-state index in [0.29, 0.717) is 10.6 Å². The van der Waals surface area contributed by atoms with E-state index in [1.54, 1.807) is 30.5 Å². The van der Waals surface area contributed by atoms with Crippen LogP contribution >= 0.6 is 11.6 Å². The standard InChI is InChI=1S/C23H19ClN4O/c1-2-28-15-21(18-4-3-13-25-14-18)27-22(28)16-7-11-20(12-8-16)26-23(29)17-5-9-19(24)10-6-17/h3-15H,2H2,1H3,(H,26,29). The number of aromatic nitrogens is 3. The molecule has 2 heterocycles. The maximum atomic E-state index is 12.4. The molecular formula is C23H19ClN4O. The van der Waals surface area contributed by atoms with Gasteiger partial charge in [-0.15, -0.1) is 0 Å². The molecule has 1 amide bonds. The molecule has 0 atom stereocenters. The Morgan fingerprint density at radius 3 is 2.45 bits per heavy atom. The van der Waals surface area contributed by atoms with Crippen LogP contribution in [0.4, 0.5) is 5.69 Å². The number of hydrogen-bond acceptors (Lipinski definition) is 3. The highest BCUT2D eigenvalue weighted by atomic mass is 35.5. The second-order valence-electron chi connectivity index (χ2n) is 6.52. The van der Waals surface area contributed by atoms with E-state index in [-0.39, 0.29) is 5.91 Å². The summed E-state index contributed by atoms with van der Waals surface area (Å²) in [6, 6.07) is 18.4. The molecule has 2 aromatic carbocycles. The zero-order valence-electron chi connectivity index (χ0n) is 15.8. The molecule has 0 radical (unpaired) electrons. The fourth-order valence-electron chi connectivity index (χ4n) is 3.05. The summed E-state index contributed by atoms with van der Waals surface area (Å²) < 4.78 is 2.10. The van der Waals surface area contributed by atoms with E-state index < -0.39 is 0 Å². The van der Waals surface area contributed by atoms with Crippen molar-refractivity contribution in [3.8, 4) is 22.6 Å². The lowest BCUT2D eigenvalue weighted by Crippen LogP contribution is -2.11. The summed E-state index contributed by atoms with van der Waals surface area (Å²) in [5, 5.41) is 3.50. The van der Waals surface area contributed by atoms with Crippen LogP contribution in [-0.2, 0) is 6.54 Å². The molecule has 4 aromatic rings. The summed E-state index contributed by atoms with van der Waals surface area (Å²) in [5.74, 6) is 0.699. The van der Waals surface area contributed by atoms with E-state index in [0.717, 1.165) is 34.9 Å². The third kappa shape index (κ3) is 4.20. The number of aryl methyl sites for hydroxylation is 1. The number of benzene rings is 2. The van der Waals surface area contributed by atoms with Gasteiger partial charge in [0.05, 0.1) is 5.69 Å².